The maximum atomic E-state index is 12.1. The topological polar surface area (TPSA) is 73.9 Å². The molecule has 2 aliphatic rings. The summed E-state index contributed by atoms with van der Waals surface area (Å²) >= 11 is 0. The summed E-state index contributed by atoms with van der Waals surface area (Å²) in [6, 6.07) is 0. The van der Waals surface area contributed by atoms with Gasteiger partial charge in [-0.2, -0.15) is 5.48 Å². The Morgan fingerprint density at radius 1 is 1.10 bits per heavy atom. The molecule has 2 aliphatic heterocycles. The predicted octanol–water partition coefficient (Wildman–Crippen LogP) is 4.72. The monoisotopic (exact) mass is 423 g/mol. The zero-order valence-corrected chi connectivity index (χ0v) is 19.3. The zero-order valence-electron chi connectivity index (χ0n) is 19.3. The van der Waals surface area contributed by atoms with Gasteiger partial charge in [0.05, 0.1) is 18.8 Å². The first kappa shape index (κ1) is 24.9. The van der Waals surface area contributed by atoms with Gasteiger partial charge in [-0.3, -0.25) is 9.59 Å². The number of carbonyl (C=O) groups is 2. The van der Waals surface area contributed by atoms with Gasteiger partial charge in [-0.25, -0.2) is 0 Å². The van der Waals surface area contributed by atoms with Crippen molar-refractivity contribution in [2.45, 2.75) is 97.7 Å². The molecule has 172 valence electrons. The largest absolute Gasteiger partial charge is 0.381 e. The smallest absolute Gasteiger partial charge is 0.329 e. The predicted molar refractivity (Wildman–Crippen MR) is 117 cm³/mol. The first-order valence-electron chi connectivity index (χ1n) is 11.7. The van der Waals surface area contributed by atoms with Crippen LogP contribution < -0.4 is 5.48 Å². The number of rotatable bonds is 13. The first-order chi connectivity index (χ1) is 14.3. The number of hydrogen-bond donors (Lipinski definition) is 1. The number of nitrogens with one attached hydrogen (secondary N) is 1. The molecule has 30 heavy (non-hydrogen) atoms. The van der Waals surface area contributed by atoms with Crippen LogP contribution in [0, 0.1) is 17.3 Å². The van der Waals surface area contributed by atoms with Crippen molar-refractivity contribution < 1.29 is 23.9 Å². The fraction of sp³-hybridized carbons (Fsp3) is 0.833. The number of fused-ring (bicyclic) bond motifs is 2. The van der Waals surface area contributed by atoms with Crippen molar-refractivity contribution in [2.75, 3.05) is 13.2 Å². The molecule has 6 nitrogen and oxygen atoms in total. The first-order valence-corrected chi connectivity index (χ1v) is 11.7. The lowest BCUT2D eigenvalue weighted by Crippen LogP contribution is -2.37. The number of ether oxygens (including phenoxy) is 2. The Balaban J connectivity index is 1.70. The SMILES string of the molecule is CCCCCCOC[C@H]1[C@@H](CC=CCCC(C)(C)C(=O)NOC(C)=O)[C@H]2CC[C@@H]1O2. The van der Waals surface area contributed by atoms with Gasteiger partial charge in [-0.05, 0) is 44.4 Å². The number of allylic oxidation sites excluding steroid dienone is 2. The van der Waals surface area contributed by atoms with Crippen molar-refractivity contribution in [3.05, 3.63) is 12.2 Å². The summed E-state index contributed by atoms with van der Waals surface area (Å²) in [4.78, 5) is 27.6. The molecule has 2 bridgehead atoms. The molecular weight excluding hydrogens is 382 g/mol. The van der Waals surface area contributed by atoms with Crippen molar-refractivity contribution in [2.24, 2.45) is 17.3 Å². The van der Waals surface area contributed by atoms with Crippen LogP contribution in [0.1, 0.15) is 85.5 Å². The molecule has 0 aliphatic carbocycles. The van der Waals surface area contributed by atoms with Gasteiger partial charge in [0.25, 0.3) is 5.91 Å². The van der Waals surface area contributed by atoms with Crippen LogP contribution in [0.2, 0.25) is 0 Å². The second-order valence-electron chi connectivity index (χ2n) is 9.41. The van der Waals surface area contributed by atoms with Gasteiger partial charge in [0.15, 0.2) is 0 Å². The van der Waals surface area contributed by atoms with Gasteiger partial charge in [-0.1, -0.05) is 52.2 Å². The molecule has 0 radical (unpaired) electrons. The molecule has 0 aromatic rings. The third-order valence-corrected chi connectivity index (χ3v) is 6.46. The van der Waals surface area contributed by atoms with Crippen LogP contribution in [0.25, 0.3) is 0 Å². The molecule has 0 saturated carbocycles. The number of hydrogen-bond acceptors (Lipinski definition) is 5. The average Bonchev–Trinajstić information content (AvgIpc) is 3.30. The molecule has 0 unspecified atom stereocenters. The third-order valence-electron chi connectivity index (χ3n) is 6.46. The van der Waals surface area contributed by atoms with E-state index in [-0.39, 0.29) is 5.91 Å². The van der Waals surface area contributed by atoms with Crippen molar-refractivity contribution in [1.29, 1.82) is 0 Å². The van der Waals surface area contributed by atoms with E-state index < -0.39 is 11.4 Å². The third kappa shape index (κ3) is 7.69. The van der Waals surface area contributed by atoms with Crippen LogP contribution in [0.3, 0.4) is 0 Å². The van der Waals surface area contributed by atoms with E-state index >= 15 is 0 Å². The van der Waals surface area contributed by atoms with E-state index in [1.807, 2.05) is 13.8 Å². The van der Waals surface area contributed by atoms with E-state index in [0.717, 1.165) is 32.5 Å². The van der Waals surface area contributed by atoms with Gasteiger partial charge in [-0.15, -0.1) is 0 Å². The zero-order chi connectivity index (χ0) is 22.0. The molecular formula is C24H41NO5. The molecule has 2 saturated heterocycles. The Labute approximate surface area is 182 Å². The Hall–Kier alpha value is -1.40. The van der Waals surface area contributed by atoms with Gasteiger partial charge in [0.1, 0.15) is 0 Å². The van der Waals surface area contributed by atoms with Crippen LogP contribution in [-0.2, 0) is 23.9 Å². The van der Waals surface area contributed by atoms with Crippen molar-refractivity contribution in [3.8, 4) is 0 Å². The second kappa shape index (κ2) is 12.5. The highest BCUT2D eigenvalue weighted by Crippen LogP contribution is 2.45. The van der Waals surface area contributed by atoms with Crippen molar-refractivity contribution in [3.63, 3.8) is 0 Å². The normalized spacial score (nSPS) is 25.7. The average molecular weight is 424 g/mol. The van der Waals surface area contributed by atoms with Crippen molar-refractivity contribution >= 4 is 11.9 Å². The molecule has 4 atom stereocenters. The summed E-state index contributed by atoms with van der Waals surface area (Å²) in [6.07, 6.45) is 14.9. The minimum Gasteiger partial charge on any atom is -0.381 e. The number of hydroxylamine groups is 1. The molecule has 2 heterocycles. The van der Waals surface area contributed by atoms with Gasteiger partial charge in [0, 0.05) is 24.9 Å². The van der Waals surface area contributed by atoms with Gasteiger partial charge < -0.3 is 14.3 Å². The second-order valence-corrected chi connectivity index (χ2v) is 9.41. The number of amides is 1. The molecule has 1 amide bonds. The summed E-state index contributed by atoms with van der Waals surface area (Å²) < 4.78 is 12.2. The standard InChI is InChI=1S/C24H41NO5/c1-5-6-7-11-16-28-17-20-19(21-13-14-22(20)29-21)12-9-8-10-15-24(3,4)23(27)25-30-18(2)26/h8-9,19-22H,5-7,10-17H2,1-4H3,(H,25,27)/t19-,20+,21-,22+/m1/s1. The Bertz CT molecular complexity index is 574. The summed E-state index contributed by atoms with van der Waals surface area (Å²) in [5.41, 5.74) is 1.63. The molecule has 2 rings (SSSR count). The highest BCUT2D eigenvalue weighted by atomic mass is 16.7. The lowest BCUT2D eigenvalue weighted by molar-refractivity contribution is -0.159. The van der Waals surface area contributed by atoms with E-state index in [2.05, 4.69) is 29.4 Å². The number of carbonyl (C=O) groups excluding carboxylic acids is 2. The highest BCUT2D eigenvalue weighted by Gasteiger charge is 2.48. The highest BCUT2D eigenvalue weighted by molar-refractivity contribution is 5.82. The van der Waals surface area contributed by atoms with Crippen LogP contribution >= 0.6 is 0 Å². The van der Waals surface area contributed by atoms with E-state index in [9.17, 15) is 9.59 Å². The van der Waals surface area contributed by atoms with Crippen LogP contribution in [-0.4, -0.2) is 37.3 Å². The lowest BCUT2D eigenvalue weighted by Gasteiger charge is -2.27. The summed E-state index contributed by atoms with van der Waals surface area (Å²) in [6.45, 7) is 8.88. The Morgan fingerprint density at radius 3 is 2.53 bits per heavy atom. The minimum atomic E-state index is -0.594. The fourth-order valence-electron chi connectivity index (χ4n) is 4.46. The Morgan fingerprint density at radius 2 is 1.83 bits per heavy atom. The summed E-state index contributed by atoms with van der Waals surface area (Å²) in [5.74, 6) is 0.247. The fourth-order valence-corrected chi connectivity index (χ4v) is 4.46. The summed E-state index contributed by atoms with van der Waals surface area (Å²) in [7, 11) is 0. The molecule has 0 spiro atoms. The van der Waals surface area contributed by atoms with Crippen LogP contribution in [0.5, 0.6) is 0 Å². The van der Waals surface area contributed by atoms with E-state index in [1.54, 1.807) is 0 Å². The quantitative estimate of drug-likeness (QED) is 0.263. The van der Waals surface area contributed by atoms with Crippen molar-refractivity contribution in [1.82, 2.24) is 5.48 Å². The van der Waals surface area contributed by atoms with Crippen LogP contribution in [0.4, 0.5) is 0 Å². The maximum Gasteiger partial charge on any atom is 0.329 e. The summed E-state index contributed by atoms with van der Waals surface area (Å²) in [5, 5.41) is 0. The van der Waals surface area contributed by atoms with E-state index in [4.69, 9.17) is 9.47 Å². The molecule has 0 aromatic carbocycles. The maximum absolute atomic E-state index is 12.1. The lowest BCUT2D eigenvalue weighted by atomic mass is 9.78. The Kier molecular flexibility index (Phi) is 10.3. The number of unbranched alkanes of at least 4 members (excludes halogenated alkanes) is 3. The molecule has 0 aromatic heterocycles. The van der Waals surface area contributed by atoms with Gasteiger partial charge >= 0.3 is 5.97 Å². The van der Waals surface area contributed by atoms with Crippen LogP contribution in [0.15, 0.2) is 12.2 Å². The molecule has 6 heteroatoms. The van der Waals surface area contributed by atoms with E-state index in [1.165, 1.54) is 39.0 Å². The molecule has 1 N–H and O–H groups in total. The minimum absolute atomic E-state index is 0.274. The molecule has 2 fully saturated rings. The van der Waals surface area contributed by atoms with E-state index in [0.29, 0.717) is 30.5 Å². The van der Waals surface area contributed by atoms with Gasteiger partial charge in [0.2, 0.25) is 0 Å².